The van der Waals surface area contributed by atoms with E-state index in [4.69, 9.17) is 9.31 Å². The molecule has 3 unspecified atom stereocenters. The molecule has 19 heteroatoms. The van der Waals surface area contributed by atoms with Crippen LogP contribution in [0.5, 0.6) is 0 Å². The predicted molar refractivity (Wildman–Crippen MR) is 182 cm³/mol. The summed E-state index contributed by atoms with van der Waals surface area (Å²) in [7, 11) is -10.1. The van der Waals surface area contributed by atoms with Crippen molar-refractivity contribution in [2.24, 2.45) is 5.92 Å². The van der Waals surface area contributed by atoms with Gasteiger partial charge in [0.2, 0.25) is 24.7 Å². The molecule has 0 aliphatic carbocycles. The van der Waals surface area contributed by atoms with Crippen LogP contribution in [-0.2, 0) is 34.4 Å². The monoisotopic (exact) mass is 724 g/mol. The number of nitrogens with one attached hydrogen (secondary N) is 3. The number of carbonyl (C=O) groups is 3. The zero-order valence-corrected chi connectivity index (χ0v) is 29.8. The second kappa shape index (κ2) is 19.4. The molecule has 3 amide bonds. The Hall–Kier alpha value is -3.01. The Kier molecular flexibility index (Phi) is 16.0. The van der Waals surface area contributed by atoms with Crippen molar-refractivity contribution in [1.29, 1.82) is 0 Å². The van der Waals surface area contributed by atoms with Gasteiger partial charge in [-0.15, -0.1) is 0 Å². The Balaban J connectivity index is 1.58. The zero-order valence-electron chi connectivity index (χ0n) is 28.0. The van der Waals surface area contributed by atoms with E-state index in [1.54, 1.807) is 0 Å². The number of aromatic nitrogens is 2. The molecule has 1 aliphatic rings. The molecule has 0 radical (unpaired) electrons. The third-order valence-electron chi connectivity index (χ3n) is 7.78. The Morgan fingerprint density at radius 2 is 1.67 bits per heavy atom. The van der Waals surface area contributed by atoms with E-state index in [0.29, 0.717) is 32.5 Å². The third kappa shape index (κ3) is 13.7. The molecule has 49 heavy (non-hydrogen) atoms. The summed E-state index contributed by atoms with van der Waals surface area (Å²) in [5, 5.41) is 7.89. The molecule has 16 nitrogen and oxygen atoms in total. The topological polar surface area (TPSA) is 230 Å². The molecule has 4 atom stereocenters. The molecule has 1 aromatic carbocycles. The normalized spacial score (nSPS) is 17.6. The van der Waals surface area contributed by atoms with Crippen LogP contribution >= 0.6 is 15.0 Å². The molecule has 6 N–H and O–H groups in total. The second-order valence-electron chi connectivity index (χ2n) is 12.2. The van der Waals surface area contributed by atoms with E-state index in [0.717, 1.165) is 5.56 Å². The minimum absolute atomic E-state index is 0.0850. The van der Waals surface area contributed by atoms with Gasteiger partial charge in [-0.2, -0.15) is 0 Å². The van der Waals surface area contributed by atoms with Crippen LogP contribution in [0.1, 0.15) is 56.1 Å². The van der Waals surface area contributed by atoms with Crippen molar-refractivity contribution in [3.05, 3.63) is 60.2 Å². The molecule has 2 aromatic rings. The molecule has 270 valence electrons. The molecule has 0 saturated carbocycles. The molecular formula is C30H47BN6O10P2. The molecule has 1 saturated heterocycles. The molecule has 1 aliphatic heterocycles. The van der Waals surface area contributed by atoms with Crippen LogP contribution in [0.15, 0.2) is 48.9 Å². The first-order chi connectivity index (χ1) is 23.2. The van der Waals surface area contributed by atoms with Gasteiger partial charge < -0.3 is 39.9 Å². The first kappa shape index (κ1) is 40.4. The second-order valence-corrected chi connectivity index (χ2v) is 17.0. The molecule has 3 rings (SSSR count). The minimum Gasteiger partial charge on any atom is -0.408 e. The standard InChI is InChI=1S/C30H47BN6O10P2/c1-4-48(41,42)30(49(43,44)45)36-27(38)11-8-14-37-15-17-46-31(47-18-16-37)26(19-22(2)3)35-28(39)24(20-23-9-6-5-7-10-23)34-29(40)25-21-32-12-13-33-25/h5-7,9-10,12-13,21-22,24,26,30H,4,8,11,14-20H2,1-3H3,(H,34,40)(H,35,39)(H,36,38)(H,41,42)(H2,43,44,45)/t24-,26?,30?/m1/s1. The van der Waals surface area contributed by atoms with Crippen molar-refractivity contribution in [1.82, 2.24) is 30.8 Å². The quantitative estimate of drug-likeness (QED) is 0.100. The summed E-state index contributed by atoms with van der Waals surface area (Å²) in [5.74, 6) is -2.02. The molecular weight excluding hydrogens is 677 g/mol. The lowest BCUT2D eigenvalue weighted by molar-refractivity contribution is -0.123. The predicted octanol–water partition coefficient (Wildman–Crippen LogP) is 1.37. The molecule has 0 spiro atoms. The fourth-order valence-corrected chi connectivity index (χ4v) is 8.59. The first-order valence-corrected chi connectivity index (χ1v) is 19.8. The van der Waals surface area contributed by atoms with Crippen LogP contribution in [0.2, 0.25) is 0 Å². The summed E-state index contributed by atoms with van der Waals surface area (Å²) in [6.45, 7) is 7.27. The lowest BCUT2D eigenvalue weighted by Crippen LogP contribution is -2.57. The number of hydrogen-bond acceptors (Lipinski definition) is 10. The summed E-state index contributed by atoms with van der Waals surface area (Å²) in [6, 6.07) is 8.41. The summed E-state index contributed by atoms with van der Waals surface area (Å²) in [6.07, 6.45) is 4.78. The van der Waals surface area contributed by atoms with E-state index in [1.807, 2.05) is 49.1 Å². The lowest BCUT2D eigenvalue weighted by Gasteiger charge is -2.32. The minimum atomic E-state index is -5.05. The Morgan fingerprint density at radius 3 is 2.24 bits per heavy atom. The first-order valence-electron chi connectivity index (χ1n) is 16.2. The van der Waals surface area contributed by atoms with Crippen molar-refractivity contribution >= 4 is 39.8 Å². The van der Waals surface area contributed by atoms with E-state index in [2.05, 4.69) is 25.9 Å². The highest BCUT2D eigenvalue weighted by Gasteiger charge is 2.44. The smallest absolute Gasteiger partial charge is 0.408 e. The average molecular weight is 724 g/mol. The van der Waals surface area contributed by atoms with E-state index >= 15 is 0 Å². The van der Waals surface area contributed by atoms with Gasteiger partial charge in [-0.25, -0.2) is 4.98 Å². The van der Waals surface area contributed by atoms with E-state index in [9.17, 15) is 38.2 Å². The maximum atomic E-state index is 13.7. The summed E-state index contributed by atoms with van der Waals surface area (Å²) < 4.78 is 36.1. The van der Waals surface area contributed by atoms with Crippen LogP contribution in [0, 0.1) is 5.92 Å². The van der Waals surface area contributed by atoms with Gasteiger partial charge >= 0.3 is 14.7 Å². The largest absolute Gasteiger partial charge is 0.480 e. The summed E-state index contributed by atoms with van der Waals surface area (Å²) in [4.78, 5) is 78.0. The molecule has 2 heterocycles. The Bertz CT molecular complexity index is 1450. The third-order valence-corrected chi connectivity index (χ3v) is 12.3. The number of nitrogens with zero attached hydrogens (tertiary/aromatic N) is 3. The number of carbonyl (C=O) groups excluding carboxylic acids is 3. The van der Waals surface area contributed by atoms with Crippen LogP contribution in [-0.4, -0.2) is 111 Å². The zero-order chi connectivity index (χ0) is 36.0. The summed E-state index contributed by atoms with van der Waals surface area (Å²) in [5.41, 5.74) is -1.20. The highest BCUT2D eigenvalue weighted by molar-refractivity contribution is 7.73. The number of amides is 3. The van der Waals surface area contributed by atoms with Crippen LogP contribution in [0.3, 0.4) is 0 Å². The van der Waals surface area contributed by atoms with Gasteiger partial charge in [-0.1, -0.05) is 51.1 Å². The van der Waals surface area contributed by atoms with Gasteiger partial charge in [-0.3, -0.25) is 33.4 Å². The van der Waals surface area contributed by atoms with Gasteiger partial charge in [0.1, 0.15) is 11.7 Å². The van der Waals surface area contributed by atoms with Crippen molar-refractivity contribution < 1.29 is 47.5 Å². The van der Waals surface area contributed by atoms with Crippen molar-refractivity contribution in [2.45, 2.75) is 64.0 Å². The van der Waals surface area contributed by atoms with Gasteiger partial charge in [-0.05, 0) is 30.9 Å². The highest BCUT2D eigenvalue weighted by Crippen LogP contribution is 2.60. The van der Waals surface area contributed by atoms with E-state index in [-0.39, 0.29) is 37.7 Å². The molecule has 0 bridgehead atoms. The maximum absolute atomic E-state index is 13.7. The summed E-state index contributed by atoms with van der Waals surface area (Å²) >= 11 is 0. The van der Waals surface area contributed by atoms with Gasteiger partial charge in [0.25, 0.3) is 5.91 Å². The Labute approximate surface area is 286 Å². The van der Waals surface area contributed by atoms with Gasteiger partial charge in [0, 0.05) is 57.7 Å². The maximum Gasteiger partial charge on any atom is 0.480 e. The van der Waals surface area contributed by atoms with Crippen molar-refractivity contribution in [2.75, 3.05) is 39.0 Å². The molecule has 1 aromatic heterocycles. The lowest BCUT2D eigenvalue weighted by atomic mass is 9.73. The number of benzene rings is 1. The average Bonchev–Trinajstić information content (AvgIpc) is 3.04. The van der Waals surface area contributed by atoms with E-state index < -0.39 is 63.5 Å². The van der Waals surface area contributed by atoms with E-state index in [1.165, 1.54) is 25.5 Å². The number of rotatable bonds is 17. The Morgan fingerprint density at radius 1 is 1.00 bits per heavy atom. The van der Waals surface area contributed by atoms with Crippen molar-refractivity contribution in [3.8, 4) is 0 Å². The molecule has 1 fully saturated rings. The highest BCUT2D eigenvalue weighted by atomic mass is 31.2. The number of hydrogen-bond donors (Lipinski definition) is 6. The van der Waals surface area contributed by atoms with Gasteiger partial charge in [0.15, 0.2) is 0 Å². The van der Waals surface area contributed by atoms with Crippen LogP contribution < -0.4 is 16.0 Å². The fraction of sp³-hybridized carbons (Fsp3) is 0.567. The van der Waals surface area contributed by atoms with Crippen molar-refractivity contribution in [3.63, 3.8) is 0 Å². The van der Waals surface area contributed by atoms with Crippen LogP contribution in [0.25, 0.3) is 0 Å². The SMILES string of the molecule is CCP(=O)(O)C(NC(=O)CCCN1CCOB(C(CC(C)C)NC(=O)[C@@H](Cc2ccccc2)NC(=O)c2cnccn2)OCC1)P(=O)(O)O. The van der Waals surface area contributed by atoms with Crippen LogP contribution in [0.4, 0.5) is 0 Å². The fourth-order valence-electron chi connectivity index (χ4n) is 5.22. The van der Waals surface area contributed by atoms with Gasteiger partial charge in [0.05, 0.1) is 12.1 Å².